The van der Waals surface area contributed by atoms with E-state index in [1.165, 1.54) is 86.9 Å². The molecule has 0 aliphatic heterocycles. The molecule has 10 aromatic rings. The van der Waals surface area contributed by atoms with Crippen LogP contribution in [-0.2, 0) is 5.41 Å². The van der Waals surface area contributed by atoms with Crippen LogP contribution in [0.25, 0.3) is 75.8 Å². The van der Waals surface area contributed by atoms with Gasteiger partial charge in [-0.3, -0.25) is 0 Å². The first-order valence-corrected chi connectivity index (χ1v) is 21.2. The monoisotopic (exact) mass is 771 g/mol. The number of benzene rings is 9. The molecule has 11 rings (SSSR count). The first kappa shape index (κ1) is 35.2. The third-order valence-corrected chi connectivity index (χ3v) is 13.5. The van der Waals surface area contributed by atoms with E-state index in [9.17, 15) is 0 Å². The lowest BCUT2D eigenvalue weighted by molar-refractivity contribution is 0.660. The molecule has 0 bridgehead atoms. The number of hydrogen-bond acceptors (Lipinski definition) is 2. The van der Waals surface area contributed by atoms with Crippen molar-refractivity contribution in [3.05, 3.63) is 223 Å². The third-order valence-electron chi connectivity index (χ3n) is 12.3. The van der Waals surface area contributed by atoms with Crippen LogP contribution in [0.4, 0.5) is 17.1 Å². The molecule has 1 aliphatic rings. The van der Waals surface area contributed by atoms with Crippen molar-refractivity contribution in [3.8, 4) is 55.6 Å². The Labute approximate surface area is 350 Å². The maximum absolute atomic E-state index is 2.40. The number of thiophene rings is 1. The number of fused-ring (bicyclic) bond motifs is 6. The topological polar surface area (TPSA) is 3.24 Å². The van der Waals surface area contributed by atoms with Gasteiger partial charge in [0.1, 0.15) is 0 Å². The zero-order valence-corrected chi connectivity index (χ0v) is 33.9. The van der Waals surface area contributed by atoms with Gasteiger partial charge in [-0.1, -0.05) is 178 Å². The van der Waals surface area contributed by atoms with E-state index in [0.717, 1.165) is 17.1 Å². The summed E-state index contributed by atoms with van der Waals surface area (Å²) in [5, 5.41) is 2.64. The van der Waals surface area contributed by atoms with Crippen molar-refractivity contribution in [1.82, 2.24) is 0 Å². The summed E-state index contributed by atoms with van der Waals surface area (Å²) in [6, 6.07) is 77.9. The molecule has 0 amide bonds. The second-order valence-electron chi connectivity index (χ2n) is 16.1. The zero-order chi connectivity index (χ0) is 39.5. The van der Waals surface area contributed by atoms with Crippen LogP contribution < -0.4 is 4.90 Å². The molecule has 1 nitrogen and oxygen atoms in total. The van der Waals surface area contributed by atoms with Crippen molar-refractivity contribution in [2.45, 2.75) is 19.3 Å². The molecule has 59 heavy (non-hydrogen) atoms. The fourth-order valence-corrected chi connectivity index (χ4v) is 10.5. The van der Waals surface area contributed by atoms with Gasteiger partial charge in [0.05, 0.1) is 5.69 Å². The molecule has 0 unspecified atom stereocenters. The van der Waals surface area contributed by atoms with E-state index in [-0.39, 0.29) is 5.41 Å². The van der Waals surface area contributed by atoms with E-state index in [1.54, 1.807) is 0 Å². The van der Waals surface area contributed by atoms with Crippen molar-refractivity contribution >= 4 is 48.6 Å². The highest BCUT2D eigenvalue weighted by Gasteiger charge is 2.35. The standard InChI is InChI=1S/C57H41NS/c1-57(2)52-35-29-42(36-51(52)48-34-28-43(37-53(48)57)38-14-5-3-6-15-38)39-24-30-44(31-25-39)58(54-22-11-9-18-46(54)40-16-7-4-8-17-40)45-32-26-41(27-33-45)47-20-13-21-50-49-19-10-12-23-55(49)59-56(47)50/h3-37H,1-2H3. The number of rotatable bonds is 7. The predicted octanol–water partition coefficient (Wildman–Crippen LogP) is 16.5. The average molecular weight is 772 g/mol. The summed E-state index contributed by atoms with van der Waals surface area (Å²) in [5.74, 6) is 0. The number of hydrogen-bond donors (Lipinski definition) is 0. The Kier molecular flexibility index (Phi) is 8.43. The minimum atomic E-state index is -0.0789. The molecule has 1 heterocycles. The molecule has 1 aliphatic carbocycles. The van der Waals surface area contributed by atoms with Crippen LogP contribution in [0.1, 0.15) is 25.0 Å². The Morgan fingerprint density at radius 2 is 0.898 bits per heavy atom. The van der Waals surface area contributed by atoms with Crippen LogP contribution in [0.15, 0.2) is 212 Å². The summed E-state index contributed by atoms with van der Waals surface area (Å²) in [5.41, 5.74) is 18.5. The number of para-hydroxylation sites is 1. The molecular formula is C57H41NS. The van der Waals surface area contributed by atoms with Crippen LogP contribution in [0.3, 0.4) is 0 Å². The quantitative estimate of drug-likeness (QED) is 0.156. The van der Waals surface area contributed by atoms with Gasteiger partial charge in [0.25, 0.3) is 0 Å². The molecule has 0 spiro atoms. The third kappa shape index (κ3) is 5.99. The van der Waals surface area contributed by atoms with Gasteiger partial charge in [0.15, 0.2) is 0 Å². The van der Waals surface area contributed by atoms with Gasteiger partial charge in [0, 0.05) is 42.5 Å². The summed E-state index contributed by atoms with van der Waals surface area (Å²) < 4.78 is 2.66. The summed E-state index contributed by atoms with van der Waals surface area (Å²) in [6.45, 7) is 4.72. The molecule has 1 aromatic heterocycles. The fourth-order valence-electron chi connectivity index (χ4n) is 9.27. The molecule has 2 heteroatoms. The lowest BCUT2D eigenvalue weighted by atomic mass is 9.81. The smallest absolute Gasteiger partial charge is 0.0540 e. The van der Waals surface area contributed by atoms with Gasteiger partial charge in [-0.15, -0.1) is 11.3 Å². The second kappa shape index (κ2) is 14.1. The molecule has 0 saturated carbocycles. The van der Waals surface area contributed by atoms with Crippen LogP contribution >= 0.6 is 11.3 Å². The van der Waals surface area contributed by atoms with Crippen LogP contribution in [0.2, 0.25) is 0 Å². The van der Waals surface area contributed by atoms with Crippen molar-refractivity contribution in [2.75, 3.05) is 4.90 Å². The van der Waals surface area contributed by atoms with E-state index in [4.69, 9.17) is 0 Å². The average Bonchev–Trinajstić information content (AvgIpc) is 3.79. The molecular weight excluding hydrogens is 731 g/mol. The van der Waals surface area contributed by atoms with Gasteiger partial charge in [-0.25, -0.2) is 0 Å². The van der Waals surface area contributed by atoms with Crippen molar-refractivity contribution in [1.29, 1.82) is 0 Å². The highest BCUT2D eigenvalue weighted by Crippen LogP contribution is 2.51. The summed E-state index contributed by atoms with van der Waals surface area (Å²) in [6.07, 6.45) is 0. The molecule has 280 valence electrons. The molecule has 9 aromatic carbocycles. The van der Waals surface area contributed by atoms with Crippen molar-refractivity contribution < 1.29 is 0 Å². The molecule has 0 N–H and O–H groups in total. The van der Waals surface area contributed by atoms with Crippen LogP contribution in [0, 0.1) is 0 Å². The van der Waals surface area contributed by atoms with Crippen molar-refractivity contribution in [2.24, 2.45) is 0 Å². The highest BCUT2D eigenvalue weighted by molar-refractivity contribution is 7.26. The molecule has 0 fully saturated rings. The summed E-state index contributed by atoms with van der Waals surface area (Å²) in [4.78, 5) is 2.40. The Bertz CT molecular complexity index is 3160. The van der Waals surface area contributed by atoms with E-state index in [2.05, 4.69) is 231 Å². The van der Waals surface area contributed by atoms with E-state index >= 15 is 0 Å². The maximum atomic E-state index is 2.40. The van der Waals surface area contributed by atoms with Crippen LogP contribution in [-0.4, -0.2) is 0 Å². The predicted molar refractivity (Wildman–Crippen MR) is 253 cm³/mol. The number of anilines is 3. The lowest BCUT2D eigenvalue weighted by Gasteiger charge is -2.28. The maximum Gasteiger partial charge on any atom is 0.0540 e. The summed E-state index contributed by atoms with van der Waals surface area (Å²) in [7, 11) is 0. The van der Waals surface area contributed by atoms with Gasteiger partial charge in [-0.2, -0.15) is 0 Å². The second-order valence-corrected chi connectivity index (χ2v) is 17.2. The first-order chi connectivity index (χ1) is 29.0. The normalized spacial score (nSPS) is 12.7. The Balaban J connectivity index is 0.981. The Morgan fingerprint density at radius 3 is 1.66 bits per heavy atom. The Hall–Kier alpha value is -7.00. The fraction of sp³-hybridized carbons (Fsp3) is 0.0526. The van der Waals surface area contributed by atoms with E-state index in [1.807, 2.05) is 11.3 Å². The van der Waals surface area contributed by atoms with Gasteiger partial charge in [0.2, 0.25) is 0 Å². The van der Waals surface area contributed by atoms with Gasteiger partial charge >= 0.3 is 0 Å². The minimum absolute atomic E-state index is 0.0789. The van der Waals surface area contributed by atoms with Gasteiger partial charge in [-0.05, 0) is 110 Å². The SMILES string of the molecule is CC1(C)c2ccc(-c3ccc(N(c4ccc(-c5cccc6c5sc5ccccc56)cc4)c4ccccc4-c4ccccc4)cc3)cc2-c2ccc(-c3ccccc3)cc21. The largest absolute Gasteiger partial charge is 0.310 e. The molecule has 0 radical (unpaired) electrons. The van der Waals surface area contributed by atoms with Gasteiger partial charge < -0.3 is 4.90 Å². The molecule has 0 saturated heterocycles. The Morgan fingerprint density at radius 1 is 0.356 bits per heavy atom. The van der Waals surface area contributed by atoms with Crippen LogP contribution in [0.5, 0.6) is 0 Å². The number of nitrogens with zero attached hydrogens (tertiary/aromatic N) is 1. The first-order valence-electron chi connectivity index (χ1n) is 20.4. The van der Waals surface area contributed by atoms with Crippen molar-refractivity contribution in [3.63, 3.8) is 0 Å². The molecule has 0 atom stereocenters. The zero-order valence-electron chi connectivity index (χ0n) is 33.1. The summed E-state index contributed by atoms with van der Waals surface area (Å²) >= 11 is 1.88. The lowest BCUT2D eigenvalue weighted by Crippen LogP contribution is -2.15. The highest BCUT2D eigenvalue weighted by atomic mass is 32.1. The van der Waals surface area contributed by atoms with E-state index in [0.29, 0.717) is 0 Å². The minimum Gasteiger partial charge on any atom is -0.310 e. The van der Waals surface area contributed by atoms with E-state index < -0.39 is 0 Å².